The maximum absolute atomic E-state index is 5.84. The van der Waals surface area contributed by atoms with Gasteiger partial charge in [0.05, 0.1) is 0 Å². The molecule has 2 nitrogen and oxygen atoms in total. The summed E-state index contributed by atoms with van der Waals surface area (Å²) in [7, 11) is 0. The highest BCUT2D eigenvalue weighted by Crippen LogP contribution is 2.26. The predicted octanol–water partition coefficient (Wildman–Crippen LogP) is 3.73. The molecule has 3 heteroatoms. The number of rotatable bonds is 3. The maximum Gasteiger partial charge on any atom is 0.130 e. The Hall–Kier alpha value is -1.87. The van der Waals surface area contributed by atoms with Gasteiger partial charge in [0, 0.05) is 5.56 Å². The van der Waals surface area contributed by atoms with Crippen molar-refractivity contribution in [1.82, 2.24) is 0 Å². The van der Waals surface area contributed by atoms with Crippen LogP contribution in [0.2, 0.25) is 0 Å². The minimum Gasteiger partial charge on any atom is -0.457 e. The number of ether oxygens (including phenoxy) is 1. The van der Waals surface area contributed by atoms with Gasteiger partial charge in [-0.15, -0.1) is 0 Å². The zero-order valence-electron chi connectivity index (χ0n) is 10.4. The van der Waals surface area contributed by atoms with Crippen LogP contribution >= 0.6 is 12.2 Å². The van der Waals surface area contributed by atoms with Gasteiger partial charge in [-0.2, -0.15) is 0 Å². The Morgan fingerprint density at radius 3 is 2.50 bits per heavy atom. The quantitative estimate of drug-likeness (QED) is 0.851. The summed E-state index contributed by atoms with van der Waals surface area (Å²) in [6.45, 7) is 4.02. The van der Waals surface area contributed by atoms with E-state index >= 15 is 0 Å². The first-order valence-corrected chi connectivity index (χ1v) is 6.12. The first kappa shape index (κ1) is 12.6. The molecule has 2 aromatic rings. The average Bonchev–Trinajstić information content (AvgIpc) is 2.31. The normalized spacial score (nSPS) is 10.1. The van der Waals surface area contributed by atoms with Crippen LogP contribution in [-0.4, -0.2) is 4.99 Å². The van der Waals surface area contributed by atoms with Crippen molar-refractivity contribution >= 4 is 17.2 Å². The lowest BCUT2D eigenvalue weighted by molar-refractivity contribution is 0.478. The molecule has 0 aliphatic rings. The molecule has 0 unspecified atom stereocenters. The van der Waals surface area contributed by atoms with Gasteiger partial charge >= 0.3 is 0 Å². The van der Waals surface area contributed by atoms with Crippen molar-refractivity contribution in [3.63, 3.8) is 0 Å². The number of nitrogens with two attached hydrogens (primary N) is 1. The van der Waals surface area contributed by atoms with E-state index < -0.39 is 0 Å². The van der Waals surface area contributed by atoms with Gasteiger partial charge in [0.15, 0.2) is 0 Å². The first-order valence-electron chi connectivity index (χ1n) is 5.71. The average molecular weight is 257 g/mol. The van der Waals surface area contributed by atoms with Gasteiger partial charge in [-0.3, -0.25) is 0 Å². The summed E-state index contributed by atoms with van der Waals surface area (Å²) in [6, 6.07) is 13.7. The Labute approximate surface area is 112 Å². The van der Waals surface area contributed by atoms with E-state index in [2.05, 4.69) is 0 Å². The molecule has 0 aliphatic heterocycles. The monoisotopic (exact) mass is 257 g/mol. The fraction of sp³-hybridized carbons (Fsp3) is 0.133. The Morgan fingerprint density at radius 2 is 1.89 bits per heavy atom. The molecule has 0 amide bonds. The van der Waals surface area contributed by atoms with Crippen molar-refractivity contribution < 1.29 is 4.74 Å². The third kappa shape index (κ3) is 2.87. The van der Waals surface area contributed by atoms with Crippen molar-refractivity contribution in [2.24, 2.45) is 5.73 Å². The summed E-state index contributed by atoms with van der Waals surface area (Å²) < 4.78 is 5.84. The summed E-state index contributed by atoms with van der Waals surface area (Å²) in [6.07, 6.45) is 0. The van der Waals surface area contributed by atoms with Gasteiger partial charge in [0.1, 0.15) is 16.5 Å². The van der Waals surface area contributed by atoms with E-state index in [9.17, 15) is 0 Å². The lowest BCUT2D eigenvalue weighted by atomic mass is 10.1. The van der Waals surface area contributed by atoms with Crippen molar-refractivity contribution in [3.05, 3.63) is 59.2 Å². The second-order valence-electron chi connectivity index (χ2n) is 4.26. The van der Waals surface area contributed by atoms with Crippen LogP contribution in [0.1, 0.15) is 16.7 Å². The molecular weight excluding hydrogens is 242 g/mol. The van der Waals surface area contributed by atoms with Gasteiger partial charge in [-0.05, 0) is 55.3 Å². The van der Waals surface area contributed by atoms with Crippen LogP contribution in [-0.2, 0) is 0 Å². The van der Waals surface area contributed by atoms with Gasteiger partial charge in [0.25, 0.3) is 0 Å². The Kier molecular flexibility index (Phi) is 3.63. The summed E-state index contributed by atoms with van der Waals surface area (Å²) in [4.78, 5) is 0.403. The standard InChI is InChI=1S/C15H15NOS/c1-10-4-3-5-13(8-10)17-14-7-6-12(15(16)18)9-11(14)2/h3-9H,1-2H3,(H2,16,18). The van der Waals surface area contributed by atoms with Crippen LogP contribution in [0, 0.1) is 13.8 Å². The van der Waals surface area contributed by atoms with Crippen molar-refractivity contribution in [3.8, 4) is 11.5 Å². The van der Waals surface area contributed by atoms with E-state index in [0.29, 0.717) is 4.99 Å². The van der Waals surface area contributed by atoms with E-state index in [-0.39, 0.29) is 0 Å². The largest absolute Gasteiger partial charge is 0.457 e. The molecule has 0 aromatic heterocycles. The van der Waals surface area contributed by atoms with Gasteiger partial charge in [-0.25, -0.2) is 0 Å². The molecule has 0 radical (unpaired) electrons. The molecule has 0 bridgehead atoms. The summed E-state index contributed by atoms with van der Waals surface area (Å²) in [5, 5.41) is 0. The summed E-state index contributed by atoms with van der Waals surface area (Å²) in [5.74, 6) is 1.65. The van der Waals surface area contributed by atoms with Crippen LogP contribution in [0.4, 0.5) is 0 Å². The van der Waals surface area contributed by atoms with Crippen LogP contribution in [0.3, 0.4) is 0 Å². The fourth-order valence-corrected chi connectivity index (χ4v) is 1.85. The molecule has 0 atom stereocenters. The predicted molar refractivity (Wildman–Crippen MR) is 78.3 cm³/mol. The van der Waals surface area contributed by atoms with Crippen LogP contribution < -0.4 is 10.5 Å². The first-order chi connectivity index (χ1) is 8.56. The minimum absolute atomic E-state index is 0.403. The van der Waals surface area contributed by atoms with Gasteiger partial charge in [0.2, 0.25) is 0 Å². The van der Waals surface area contributed by atoms with Gasteiger partial charge < -0.3 is 10.5 Å². The molecule has 0 aliphatic carbocycles. The molecule has 18 heavy (non-hydrogen) atoms. The SMILES string of the molecule is Cc1cccc(Oc2ccc(C(N)=S)cc2C)c1. The molecule has 0 heterocycles. The summed E-state index contributed by atoms with van der Waals surface area (Å²) >= 11 is 4.95. The lowest BCUT2D eigenvalue weighted by Gasteiger charge is -2.10. The zero-order valence-corrected chi connectivity index (χ0v) is 11.3. The zero-order chi connectivity index (χ0) is 13.1. The topological polar surface area (TPSA) is 35.2 Å². The Bertz CT molecular complexity index is 593. The maximum atomic E-state index is 5.84. The third-order valence-electron chi connectivity index (χ3n) is 2.68. The lowest BCUT2D eigenvalue weighted by Crippen LogP contribution is -2.09. The molecule has 0 spiro atoms. The van der Waals surface area contributed by atoms with Crippen molar-refractivity contribution in [2.45, 2.75) is 13.8 Å². The highest BCUT2D eigenvalue weighted by Gasteiger charge is 2.04. The molecule has 2 aromatic carbocycles. The highest BCUT2D eigenvalue weighted by molar-refractivity contribution is 7.80. The molecule has 2 N–H and O–H groups in total. The van der Waals surface area contributed by atoms with Crippen LogP contribution in [0.5, 0.6) is 11.5 Å². The van der Waals surface area contributed by atoms with E-state index in [1.165, 1.54) is 5.56 Å². The van der Waals surface area contributed by atoms with Crippen molar-refractivity contribution in [1.29, 1.82) is 0 Å². The second kappa shape index (κ2) is 5.19. The second-order valence-corrected chi connectivity index (χ2v) is 4.70. The van der Waals surface area contributed by atoms with E-state index in [4.69, 9.17) is 22.7 Å². The molecule has 92 valence electrons. The highest BCUT2D eigenvalue weighted by atomic mass is 32.1. The fourth-order valence-electron chi connectivity index (χ4n) is 1.72. The number of aryl methyl sites for hydroxylation is 2. The molecule has 0 fully saturated rings. The molecular formula is C15H15NOS. The Morgan fingerprint density at radius 1 is 1.11 bits per heavy atom. The van der Waals surface area contributed by atoms with Crippen molar-refractivity contribution in [2.75, 3.05) is 0 Å². The molecule has 0 saturated heterocycles. The van der Waals surface area contributed by atoms with Crippen LogP contribution in [0.15, 0.2) is 42.5 Å². The smallest absolute Gasteiger partial charge is 0.130 e. The number of benzene rings is 2. The van der Waals surface area contributed by atoms with Gasteiger partial charge in [-0.1, -0.05) is 24.4 Å². The van der Waals surface area contributed by atoms with E-state index in [0.717, 1.165) is 22.6 Å². The third-order valence-corrected chi connectivity index (χ3v) is 2.91. The number of thiocarbonyl (C=S) groups is 1. The molecule has 0 saturated carbocycles. The number of hydrogen-bond acceptors (Lipinski definition) is 2. The summed E-state index contributed by atoms with van der Waals surface area (Å²) in [5.41, 5.74) is 8.64. The molecule has 2 rings (SSSR count). The van der Waals surface area contributed by atoms with E-state index in [1.807, 2.05) is 56.3 Å². The van der Waals surface area contributed by atoms with E-state index in [1.54, 1.807) is 0 Å². The Balaban J connectivity index is 2.27. The van der Waals surface area contributed by atoms with Crippen LogP contribution in [0.25, 0.3) is 0 Å². The minimum atomic E-state index is 0.403. The number of hydrogen-bond donors (Lipinski definition) is 1.